The molecule has 0 heterocycles. The third-order valence-electron chi connectivity index (χ3n) is 7.87. The van der Waals surface area contributed by atoms with Gasteiger partial charge in [-0.3, -0.25) is 0 Å². The molecular formula is C27H30N2O. The first-order valence-corrected chi connectivity index (χ1v) is 11.3. The molecule has 2 aromatic rings. The summed E-state index contributed by atoms with van der Waals surface area (Å²) in [5.74, 6) is 2.48. The third kappa shape index (κ3) is 3.40. The van der Waals surface area contributed by atoms with Crippen molar-refractivity contribution in [1.82, 2.24) is 0 Å². The van der Waals surface area contributed by atoms with Gasteiger partial charge in [-0.15, -0.1) is 0 Å². The minimum absolute atomic E-state index is 0.191. The van der Waals surface area contributed by atoms with Crippen LogP contribution in [0.1, 0.15) is 61.6 Å². The number of nitrogens with zero attached hydrogens (tertiary/aromatic N) is 2. The van der Waals surface area contributed by atoms with E-state index in [0.717, 1.165) is 18.8 Å². The first-order chi connectivity index (χ1) is 14.6. The van der Waals surface area contributed by atoms with Crippen molar-refractivity contribution in [2.75, 3.05) is 0 Å². The van der Waals surface area contributed by atoms with Crippen molar-refractivity contribution in [2.24, 2.45) is 27.5 Å². The van der Waals surface area contributed by atoms with Crippen molar-refractivity contribution in [3.05, 3.63) is 71.3 Å². The van der Waals surface area contributed by atoms with Gasteiger partial charge in [0, 0.05) is 17.3 Å². The number of rotatable bonds is 3. The van der Waals surface area contributed by atoms with E-state index < -0.39 is 0 Å². The molecule has 0 aromatic heterocycles. The molecule has 4 unspecified atom stereocenters. The maximum absolute atomic E-state index is 9.86. The number of phenolic OH excluding ortho intramolecular Hbond substituents is 1. The van der Waals surface area contributed by atoms with E-state index >= 15 is 0 Å². The Hall–Kier alpha value is -2.68. The van der Waals surface area contributed by atoms with Crippen molar-refractivity contribution in [3.63, 3.8) is 0 Å². The van der Waals surface area contributed by atoms with Crippen LogP contribution in [0.4, 0.5) is 0 Å². The molecule has 0 aliphatic heterocycles. The summed E-state index contributed by atoms with van der Waals surface area (Å²) in [6, 6.07) is 16.3. The number of fused-ring (bicyclic) bond motifs is 5. The minimum atomic E-state index is 0.191. The Morgan fingerprint density at radius 2 is 1.90 bits per heavy atom. The van der Waals surface area contributed by atoms with Crippen molar-refractivity contribution >= 4 is 18.0 Å². The first-order valence-electron chi connectivity index (χ1n) is 11.3. The standard InChI is InChI=1S/C27H30N2O/c1-27-16-15-23-22-12-10-21(30)18-20(22)9-11-24(23)25(27)13-14-26(27)29-28-17-5-8-19-6-3-2-4-7-19/h2-8,10,12,17-18,23-25,30H,9,11,13-16H2,1H3/b8-5+,28-17+,29-26-. The smallest absolute Gasteiger partial charge is 0.115 e. The summed E-state index contributed by atoms with van der Waals surface area (Å²) in [6.07, 6.45) is 12.9. The van der Waals surface area contributed by atoms with Crippen LogP contribution < -0.4 is 0 Å². The Morgan fingerprint density at radius 3 is 2.77 bits per heavy atom. The monoisotopic (exact) mass is 398 g/mol. The Labute approximate surface area is 179 Å². The summed E-state index contributed by atoms with van der Waals surface area (Å²) >= 11 is 0. The largest absolute Gasteiger partial charge is 0.508 e. The van der Waals surface area contributed by atoms with Gasteiger partial charge in [0.15, 0.2) is 0 Å². The molecule has 5 rings (SSSR count). The second-order valence-corrected chi connectivity index (χ2v) is 9.37. The normalized spacial score (nSPS) is 31.8. The molecule has 2 aromatic carbocycles. The lowest BCUT2D eigenvalue weighted by Gasteiger charge is -2.49. The fourth-order valence-electron chi connectivity index (χ4n) is 6.38. The number of phenols is 1. The Bertz CT molecular complexity index is 1010. The highest BCUT2D eigenvalue weighted by molar-refractivity contribution is 5.93. The predicted octanol–water partition coefficient (Wildman–Crippen LogP) is 6.39. The highest BCUT2D eigenvalue weighted by Crippen LogP contribution is 2.60. The van der Waals surface area contributed by atoms with Crippen molar-refractivity contribution < 1.29 is 5.11 Å². The number of allylic oxidation sites excluding steroid dienone is 1. The van der Waals surface area contributed by atoms with Gasteiger partial charge in [0.2, 0.25) is 0 Å². The number of aromatic hydroxyl groups is 1. The van der Waals surface area contributed by atoms with Gasteiger partial charge in [0.1, 0.15) is 5.75 Å². The lowest BCUT2D eigenvalue weighted by molar-refractivity contribution is 0.0955. The molecule has 3 aliphatic rings. The molecule has 0 spiro atoms. The first kappa shape index (κ1) is 19.3. The topological polar surface area (TPSA) is 45.0 Å². The molecule has 2 saturated carbocycles. The van der Waals surface area contributed by atoms with E-state index in [9.17, 15) is 5.11 Å². The highest BCUT2D eigenvalue weighted by atomic mass is 16.3. The summed E-state index contributed by atoms with van der Waals surface area (Å²) in [7, 11) is 0. The molecule has 1 N–H and O–H groups in total. The van der Waals surface area contributed by atoms with Gasteiger partial charge in [-0.1, -0.05) is 49.4 Å². The maximum Gasteiger partial charge on any atom is 0.115 e. The second-order valence-electron chi connectivity index (χ2n) is 9.37. The Kier molecular flexibility index (Phi) is 5.06. The Morgan fingerprint density at radius 1 is 1.03 bits per heavy atom. The molecule has 154 valence electrons. The molecule has 0 amide bonds. The number of benzene rings is 2. The summed E-state index contributed by atoms with van der Waals surface area (Å²) in [6.45, 7) is 2.43. The van der Waals surface area contributed by atoms with Gasteiger partial charge in [0.05, 0.1) is 0 Å². The molecule has 0 radical (unpaired) electrons. The number of hydrogen-bond donors (Lipinski definition) is 1. The van der Waals surface area contributed by atoms with Crippen LogP contribution in [0, 0.1) is 17.3 Å². The zero-order valence-corrected chi connectivity index (χ0v) is 17.7. The summed E-state index contributed by atoms with van der Waals surface area (Å²) < 4.78 is 0. The van der Waals surface area contributed by atoms with Gasteiger partial charge in [0.25, 0.3) is 0 Å². The van der Waals surface area contributed by atoms with E-state index in [0.29, 0.717) is 17.6 Å². The molecule has 0 bridgehead atoms. The van der Waals surface area contributed by atoms with Gasteiger partial charge in [-0.05, 0) is 91.2 Å². The SMILES string of the molecule is CC12CCC3c4ccc(O)cc4CCC3C1CC/C2=N/N=C/C=C/c1ccccc1. The van der Waals surface area contributed by atoms with Gasteiger partial charge in [-0.25, -0.2) is 0 Å². The van der Waals surface area contributed by atoms with E-state index in [1.165, 1.54) is 48.1 Å². The average molecular weight is 399 g/mol. The molecule has 30 heavy (non-hydrogen) atoms. The average Bonchev–Trinajstić information content (AvgIpc) is 3.10. The van der Waals surface area contributed by atoms with Crippen LogP contribution in [0.25, 0.3) is 6.08 Å². The van der Waals surface area contributed by atoms with Crippen LogP contribution in [0.3, 0.4) is 0 Å². The van der Waals surface area contributed by atoms with Gasteiger partial charge in [-0.2, -0.15) is 10.2 Å². The molecule has 2 fully saturated rings. The van der Waals surface area contributed by atoms with Crippen LogP contribution in [-0.2, 0) is 6.42 Å². The van der Waals surface area contributed by atoms with Crippen molar-refractivity contribution in [2.45, 2.75) is 51.4 Å². The van der Waals surface area contributed by atoms with Crippen LogP contribution in [0.2, 0.25) is 0 Å². The van der Waals surface area contributed by atoms with E-state index in [4.69, 9.17) is 5.10 Å². The molecule has 3 heteroatoms. The quantitative estimate of drug-likeness (QED) is 0.472. The van der Waals surface area contributed by atoms with Crippen LogP contribution >= 0.6 is 0 Å². The van der Waals surface area contributed by atoms with Gasteiger partial charge < -0.3 is 5.11 Å². The molecular weight excluding hydrogens is 368 g/mol. The molecule has 0 saturated heterocycles. The fraction of sp³-hybridized carbons (Fsp3) is 0.407. The summed E-state index contributed by atoms with van der Waals surface area (Å²) in [4.78, 5) is 0. The third-order valence-corrected chi connectivity index (χ3v) is 7.87. The highest BCUT2D eigenvalue weighted by Gasteiger charge is 2.53. The second kappa shape index (κ2) is 7.86. The number of hydrogen-bond acceptors (Lipinski definition) is 3. The minimum Gasteiger partial charge on any atom is -0.508 e. The predicted molar refractivity (Wildman–Crippen MR) is 124 cm³/mol. The van der Waals surface area contributed by atoms with Crippen molar-refractivity contribution in [3.8, 4) is 5.75 Å². The lowest BCUT2D eigenvalue weighted by Crippen LogP contribution is -2.42. The van der Waals surface area contributed by atoms with E-state index in [1.54, 1.807) is 0 Å². The maximum atomic E-state index is 9.86. The van der Waals surface area contributed by atoms with Gasteiger partial charge >= 0.3 is 0 Å². The van der Waals surface area contributed by atoms with Crippen molar-refractivity contribution in [1.29, 1.82) is 0 Å². The summed E-state index contributed by atoms with van der Waals surface area (Å²) in [5.41, 5.74) is 5.51. The lowest BCUT2D eigenvalue weighted by atomic mass is 9.55. The fourth-order valence-corrected chi connectivity index (χ4v) is 6.38. The molecule has 4 atom stereocenters. The van der Waals surface area contributed by atoms with E-state index in [-0.39, 0.29) is 5.41 Å². The molecule has 3 aliphatic carbocycles. The number of aryl methyl sites for hydroxylation is 1. The van der Waals surface area contributed by atoms with E-state index in [1.807, 2.05) is 42.6 Å². The van der Waals surface area contributed by atoms with Crippen LogP contribution in [0.5, 0.6) is 5.75 Å². The molecule has 3 nitrogen and oxygen atoms in total. The zero-order chi connectivity index (χ0) is 20.6. The van der Waals surface area contributed by atoms with E-state index in [2.05, 4.69) is 36.3 Å². The zero-order valence-electron chi connectivity index (χ0n) is 17.7. The summed E-state index contributed by atoms with van der Waals surface area (Å²) in [5, 5.41) is 19.0. The Balaban J connectivity index is 1.32. The van der Waals surface area contributed by atoms with Crippen LogP contribution in [-0.4, -0.2) is 17.0 Å². The van der Waals surface area contributed by atoms with Crippen LogP contribution in [0.15, 0.2) is 64.8 Å².